The predicted molar refractivity (Wildman–Crippen MR) is 137 cm³/mol. The van der Waals surface area contributed by atoms with Gasteiger partial charge < -0.3 is 16.0 Å². The Morgan fingerprint density at radius 1 is 0.684 bits per heavy atom. The minimum atomic E-state index is -0.485. The molecule has 38 heavy (non-hydrogen) atoms. The van der Waals surface area contributed by atoms with Gasteiger partial charge in [0.25, 0.3) is 17.7 Å². The zero-order valence-corrected chi connectivity index (χ0v) is 20.6. The number of amides is 3. The van der Waals surface area contributed by atoms with Crippen LogP contribution in [0.4, 0.5) is 4.39 Å². The number of aromatic nitrogens is 3. The van der Waals surface area contributed by atoms with Crippen molar-refractivity contribution in [2.24, 2.45) is 0 Å². The highest BCUT2D eigenvalue weighted by molar-refractivity contribution is 5.97. The molecule has 0 saturated carbocycles. The lowest BCUT2D eigenvalue weighted by Gasteiger charge is -2.09. The first kappa shape index (κ1) is 26.1. The Morgan fingerprint density at radius 3 is 1.82 bits per heavy atom. The van der Waals surface area contributed by atoms with Crippen LogP contribution in [0.15, 0.2) is 79.4 Å². The van der Waals surface area contributed by atoms with E-state index in [1.54, 1.807) is 55.7 Å². The molecule has 0 aliphatic heterocycles. The first-order chi connectivity index (χ1) is 18.4. The number of hydrogen-bond donors (Lipinski definition) is 3. The van der Waals surface area contributed by atoms with Crippen LogP contribution in [0.2, 0.25) is 0 Å². The maximum absolute atomic E-state index is 13.4. The van der Waals surface area contributed by atoms with Crippen molar-refractivity contribution in [3.05, 3.63) is 124 Å². The standard InChI is InChI=1S/C28H25FN6O3/c1-18-12-21(4-7-23(18)29)16-33-28(38)25-13-24(34-17-35-25)27(37)32-14-19-2-5-22(6-3-19)26(36)31-15-20-8-10-30-11-9-20/h2-13,17H,14-16H2,1H3,(H,31,36)(H,32,37)(H,33,38). The third-order valence-electron chi connectivity index (χ3n) is 5.68. The van der Waals surface area contributed by atoms with Gasteiger partial charge in [0.05, 0.1) is 0 Å². The fourth-order valence-corrected chi connectivity index (χ4v) is 3.53. The highest BCUT2D eigenvalue weighted by Crippen LogP contribution is 2.10. The number of rotatable bonds is 9. The van der Waals surface area contributed by atoms with Gasteiger partial charge in [0, 0.05) is 43.7 Å². The van der Waals surface area contributed by atoms with Gasteiger partial charge in [0.2, 0.25) is 0 Å². The molecule has 4 rings (SSSR count). The van der Waals surface area contributed by atoms with Gasteiger partial charge in [-0.2, -0.15) is 0 Å². The summed E-state index contributed by atoms with van der Waals surface area (Å²) < 4.78 is 13.4. The van der Waals surface area contributed by atoms with Crippen molar-refractivity contribution in [1.29, 1.82) is 0 Å². The Labute approximate surface area is 218 Å². The number of carbonyl (C=O) groups is 3. The van der Waals surface area contributed by atoms with E-state index in [1.807, 2.05) is 12.1 Å². The Balaban J connectivity index is 1.28. The van der Waals surface area contributed by atoms with E-state index in [-0.39, 0.29) is 36.2 Å². The van der Waals surface area contributed by atoms with E-state index < -0.39 is 11.8 Å². The maximum atomic E-state index is 13.4. The van der Waals surface area contributed by atoms with Crippen LogP contribution in [0.5, 0.6) is 0 Å². The monoisotopic (exact) mass is 512 g/mol. The van der Waals surface area contributed by atoms with Crippen LogP contribution in [0.1, 0.15) is 53.6 Å². The minimum absolute atomic E-state index is 0.0334. The molecule has 0 spiro atoms. The highest BCUT2D eigenvalue weighted by atomic mass is 19.1. The van der Waals surface area contributed by atoms with Crippen molar-refractivity contribution in [3.63, 3.8) is 0 Å². The average molecular weight is 513 g/mol. The second kappa shape index (κ2) is 12.3. The average Bonchev–Trinajstić information content (AvgIpc) is 2.96. The quantitative estimate of drug-likeness (QED) is 0.316. The number of halogens is 1. The second-order valence-electron chi connectivity index (χ2n) is 8.47. The van der Waals surface area contributed by atoms with Crippen molar-refractivity contribution >= 4 is 17.7 Å². The van der Waals surface area contributed by atoms with Crippen LogP contribution < -0.4 is 16.0 Å². The zero-order valence-electron chi connectivity index (χ0n) is 20.6. The van der Waals surface area contributed by atoms with E-state index in [2.05, 4.69) is 30.9 Å². The second-order valence-corrected chi connectivity index (χ2v) is 8.47. The lowest BCUT2D eigenvalue weighted by molar-refractivity contribution is 0.0935. The topological polar surface area (TPSA) is 126 Å². The van der Waals surface area contributed by atoms with Gasteiger partial charge in [-0.3, -0.25) is 19.4 Å². The van der Waals surface area contributed by atoms with Gasteiger partial charge in [-0.1, -0.05) is 24.3 Å². The molecule has 192 valence electrons. The summed E-state index contributed by atoms with van der Waals surface area (Å²) in [7, 11) is 0. The van der Waals surface area contributed by atoms with Crippen LogP contribution >= 0.6 is 0 Å². The molecule has 0 atom stereocenters. The van der Waals surface area contributed by atoms with Crippen LogP contribution in [-0.4, -0.2) is 32.7 Å². The van der Waals surface area contributed by atoms with Gasteiger partial charge in [0.15, 0.2) is 0 Å². The summed E-state index contributed by atoms with van der Waals surface area (Å²) in [5.41, 5.74) is 3.52. The van der Waals surface area contributed by atoms with Crippen molar-refractivity contribution < 1.29 is 18.8 Å². The summed E-state index contributed by atoms with van der Waals surface area (Å²) in [5, 5.41) is 8.29. The van der Waals surface area contributed by atoms with Crippen LogP contribution in [0, 0.1) is 12.7 Å². The number of pyridine rings is 1. The molecule has 0 radical (unpaired) electrons. The molecule has 3 amide bonds. The lowest BCUT2D eigenvalue weighted by atomic mass is 10.1. The fourth-order valence-electron chi connectivity index (χ4n) is 3.53. The molecule has 4 aromatic rings. The van der Waals surface area contributed by atoms with E-state index in [9.17, 15) is 18.8 Å². The molecule has 0 aliphatic carbocycles. The summed E-state index contributed by atoms with van der Waals surface area (Å²) in [4.78, 5) is 49.3. The van der Waals surface area contributed by atoms with Crippen molar-refractivity contribution in [2.75, 3.05) is 0 Å². The molecule has 10 heteroatoms. The molecule has 9 nitrogen and oxygen atoms in total. The van der Waals surface area contributed by atoms with Crippen molar-refractivity contribution in [2.45, 2.75) is 26.6 Å². The van der Waals surface area contributed by atoms with Gasteiger partial charge in [-0.15, -0.1) is 0 Å². The molecule has 2 aromatic heterocycles. The molecule has 0 bridgehead atoms. The molecule has 0 unspecified atom stereocenters. The Morgan fingerprint density at radius 2 is 1.21 bits per heavy atom. The fraction of sp³-hybridized carbons (Fsp3) is 0.143. The maximum Gasteiger partial charge on any atom is 0.270 e. The molecular formula is C28H25FN6O3. The first-order valence-corrected chi connectivity index (χ1v) is 11.8. The summed E-state index contributed by atoms with van der Waals surface area (Å²) in [5.74, 6) is -1.49. The number of benzene rings is 2. The van der Waals surface area contributed by atoms with E-state index in [0.717, 1.165) is 23.0 Å². The predicted octanol–water partition coefficient (Wildman–Crippen LogP) is 3.11. The third-order valence-corrected chi connectivity index (χ3v) is 5.68. The molecule has 3 N–H and O–H groups in total. The smallest absolute Gasteiger partial charge is 0.270 e. The molecule has 2 aromatic carbocycles. The number of carbonyl (C=O) groups excluding carboxylic acids is 3. The summed E-state index contributed by atoms with van der Waals surface area (Å²) >= 11 is 0. The molecule has 0 aliphatic rings. The van der Waals surface area contributed by atoms with Gasteiger partial charge in [-0.05, 0) is 59.5 Å². The summed E-state index contributed by atoms with van der Waals surface area (Å²) in [6.07, 6.45) is 4.47. The molecule has 0 saturated heterocycles. The van der Waals surface area contributed by atoms with E-state index in [1.165, 1.54) is 12.1 Å². The minimum Gasteiger partial charge on any atom is -0.348 e. The molecule has 2 heterocycles. The van der Waals surface area contributed by atoms with Crippen molar-refractivity contribution in [3.8, 4) is 0 Å². The Kier molecular flexibility index (Phi) is 8.45. The van der Waals surface area contributed by atoms with Gasteiger partial charge >= 0.3 is 0 Å². The normalized spacial score (nSPS) is 10.5. The number of hydrogen-bond acceptors (Lipinski definition) is 6. The summed E-state index contributed by atoms with van der Waals surface area (Å²) in [6.45, 7) is 2.42. The SMILES string of the molecule is Cc1cc(CNC(=O)c2cc(C(=O)NCc3ccc(C(=O)NCc4ccncc4)cc3)ncn2)ccc1F. The Bertz CT molecular complexity index is 1440. The van der Waals surface area contributed by atoms with Crippen molar-refractivity contribution in [1.82, 2.24) is 30.9 Å². The zero-order chi connectivity index (χ0) is 26.9. The number of aryl methyl sites for hydroxylation is 1. The number of nitrogens with one attached hydrogen (secondary N) is 3. The van der Waals surface area contributed by atoms with Gasteiger partial charge in [-0.25, -0.2) is 14.4 Å². The van der Waals surface area contributed by atoms with Crippen LogP contribution in [0.3, 0.4) is 0 Å². The molecular weight excluding hydrogens is 487 g/mol. The highest BCUT2D eigenvalue weighted by Gasteiger charge is 2.14. The largest absolute Gasteiger partial charge is 0.348 e. The lowest BCUT2D eigenvalue weighted by Crippen LogP contribution is -2.27. The van der Waals surface area contributed by atoms with E-state index in [4.69, 9.17) is 0 Å². The van der Waals surface area contributed by atoms with Gasteiger partial charge in [0.1, 0.15) is 23.5 Å². The Hall–Kier alpha value is -4.99. The first-order valence-electron chi connectivity index (χ1n) is 11.8. The van der Waals surface area contributed by atoms with Crippen LogP contribution in [-0.2, 0) is 19.6 Å². The third kappa shape index (κ3) is 7.03. The number of nitrogens with zero attached hydrogens (tertiary/aromatic N) is 3. The molecule has 0 fully saturated rings. The van der Waals surface area contributed by atoms with E-state index >= 15 is 0 Å². The summed E-state index contributed by atoms with van der Waals surface area (Å²) in [6, 6.07) is 16.4. The van der Waals surface area contributed by atoms with E-state index in [0.29, 0.717) is 17.7 Å². The van der Waals surface area contributed by atoms with Crippen LogP contribution in [0.25, 0.3) is 0 Å².